The second-order valence-corrected chi connectivity index (χ2v) is 8.25. The van der Waals surface area contributed by atoms with E-state index in [-0.39, 0.29) is 11.5 Å². The predicted octanol–water partition coefficient (Wildman–Crippen LogP) is 4.12. The van der Waals surface area contributed by atoms with E-state index in [2.05, 4.69) is 46.6 Å². The molecule has 1 aromatic carbocycles. The van der Waals surface area contributed by atoms with Gasteiger partial charge in [0.1, 0.15) is 0 Å². The molecule has 1 aliphatic rings. The highest BCUT2D eigenvalue weighted by atomic mass is 16.1. The van der Waals surface area contributed by atoms with Crippen molar-refractivity contribution in [1.82, 2.24) is 10.3 Å². The summed E-state index contributed by atoms with van der Waals surface area (Å²) in [6.07, 6.45) is 13.4. The van der Waals surface area contributed by atoms with Crippen molar-refractivity contribution >= 4 is 12.0 Å². The maximum atomic E-state index is 12.5. The van der Waals surface area contributed by atoms with Crippen LogP contribution in [0.15, 0.2) is 52.8 Å². The normalized spacial score (nSPS) is 19.1. The summed E-state index contributed by atoms with van der Waals surface area (Å²) in [7, 11) is 0. The zero-order chi connectivity index (χ0) is 21.3. The van der Waals surface area contributed by atoms with Crippen LogP contribution in [0.5, 0.6) is 0 Å². The van der Waals surface area contributed by atoms with E-state index in [4.69, 9.17) is 6.42 Å². The summed E-state index contributed by atoms with van der Waals surface area (Å²) in [6.45, 7) is 2.50. The predicted molar refractivity (Wildman–Crippen MR) is 122 cm³/mol. The fraction of sp³-hybridized carbons (Fsp3) is 0.385. The number of aromatic nitrogens is 1. The van der Waals surface area contributed by atoms with Crippen LogP contribution in [0, 0.1) is 24.2 Å². The third-order valence-electron chi connectivity index (χ3n) is 5.93. The molecule has 0 radical (unpaired) electrons. The fourth-order valence-electron chi connectivity index (χ4n) is 4.17. The zero-order valence-electron chi connectivity index (χ0n) is 17.6. The summed E-state index contributed by atoms with van der Waals surface area (Å²) in [4.78, 5) is 26.8. The summed E-state index contributed by atoms with van der Waals surface area (Å²) in [5, 5.41) is 3.08. The third kappa shape index (κ3) is 6.22. The van der Waals surface area contributed by atoms with E-state index < -0.39 is 0 Å². The van der Waals surface area contributed by atoms with Gasteiger partial charge in [0.15, 0.2) is 0 Å². The summed E-state index contributed by atoms with van der Waals surface area (Å²) >= 11 is 0. The molecule has 0 saturated heterocycles. The number of H-pyrrole nitrogens is 1. The Morgan fingerprint density at radius 3 is 2.53 bits per heavy atom. The first-order valence-electron chi connectivity index (χ1n) is 10.7. The average Bonchev–Trinajstić information content (AvgIpc) is 2.76. The lowest BCUT2D eigenvalue weighted by atomic mass is 9.79. The van der Waals surface area contributed by atoms with Crippen molar-refractivity contribution in [2.45, 2.75) is 45.4 Å². The van der Waals surface area contributed by atoms with Crippen LogP contribution in [-0.4, -0.2) is 17.4 Å². The molecule has 1 heterocycles. The molecule has 0 unspecified atom stereocenters. The number of terminal acetylenes is 1. The number of pyridine rings is 1. The van der Waals surface area contributed by atoms with Crippen LogP contribution in [0.2, 0.25) is 0 Å². The van der Waals surface area contributed by atoms with Crippen LogP contribution in [0.4, 0.5) is 0 Å². The molecule has 0 spiro atoms. The molecule has 156 valence electrons. The molecule has 3 rings (SSSR count). The first kappa shape index (κ1) is 21.6. The third-order valence-corrected chi connectivity index (χ3v) is 5.93. The van der Waals surface area contributed by atoms with Gasteiger partial charge in [-0.15, -0.1) is 12.3 Å². The Kier molecular flexibility index (Phi) is 7.68. The standard InChI is InChI=1S/C26H30N2O2/c1-3-7-24-23(14-15-25(29)28-24)16-19(2)26(30)27-18-22-12-10-21(11-13-22)17-20-8-5-4-6-9-20/h1,4-6,8-9,14-16,21-22H,7,10-13,17-18H2,2H3,(H,27,30)(H,28,29)/b19-16+. The number of hydrogen-bond donors (Lipinski definition) is 2. The van der Waals surface area contributed by atoms with E-state index in [9.17, 15) is 9.59 Å². The lowest BCUT2D eigenvalue weighted by Gasteiger charge is -2.28. The van der Waals surface area contributed by atoms with Crippen molar-refractivity contribution in [2.75, 3.05) is 6.54 Å². The molecule has 0 aliphatic heterocycles. The molecule has 1 saturated carbocycles. The molecule has 2 N–H and O–H groups in total. The van der Waals surface area contributed by atoms with Crippen LogP contribution < -0.4 is 10.9 Å². The fourth-order valence-corrected chi connectivity index (χ4v) is 4.17. The van der Waals surface area contributed by atoms with Crippen LogP contribution in [-0.2, 0) is 17.6 Å². The molecular formula is C26H30N2O2. The molecule has 30 heavy (non-hydrogen) atoms. The lowest BCUT2D eigenvalue weighted by Crippen LogP contribution is -2.32. The van der Waals surface area contributed by atoms with Crippen LogP contribution in [0.25, 0.3) is 6.08 Å². The first-order valence-corrected chi connectivity index (χ1v) is 10.7. The van der Waals surface area contributed by atoms with E-state index in [1.807, 2.05) is 0 Å². The first-order chi connectivity index (χ1) is 14.5. The van der Waals surface area contributed by atoms with Gasteiger partial charge in [-0.2, -0.15) is 0 Å². The van der Waals surface area contributed by atoms with Crippen LogP contribution in [0.3, 0.4) is 0 Å². The SMILES string of the molecule is C#CCc1[nH]c(=O)ccc1/C=C(\C)C(=O)NCC1CCC(Cc2ccccc2)CC1. The molecule has 0 atom stereocenters. The Balaban J connectivity index is 1.48. The number of hydrogen-bond acceptors (Lipinski definition) is 2. The highest BCUT2D eigenvalue weighted by Crippen LogP contribution is 2.30. The summed E-state index contributed by atoms with van der Waals surface area (Å²) in [5.41, 5.74) is 3.28. The largest absolute Gasteiger partial charge is 0.352 e. The molecular weight excluding hydrogens is 372 g/mol. The van der Waals surface area contributed by atoms with Gasteiger partial charge < -0.3 is 10.3 Å². The lowest BCUT2D eigenvalue weighted by molar-refractivity contribution is -0.117. The number of aromatic amines is 1. The summed E-state index contributed by atoms with van der Waals surface area (Å²) in [6, 6.07) is 13.8. The second-order valence-electron chi connectivity index (χ2n) is 8.25. The molecule has 2 aromatic rings. The monoisotopic (exact) mass is 402 g/mol. The maximum Gasteiger partial charge on any atom is 0.248 e. The Labute approximate surface area is 178 Å². The average molecular weight is 403 g/mol. The van der Waals surface area contributed by atoms with Crippen molar-refractivity contribution in [2.24, 2.45) is 11.8 Å². The maximum absolute atomic E-state index is 12.5. The minimum absolute atomic E-state index is 0.0701. The van der Waals surface area contributed by atoms with Crippen LogP contribution >= 0.6 is 0 Å². The van der Waals surface area contributed by atoms with Gasteiger partial charge in [0.2, 0.25) is 11.5 Å². The number of rotatable bonds is 7. The van der Waals surface area contributed by atoms with E-state index in [1.165, 1.54) is 24.5 Å². The van der Waals surface area contributed by atoms with Crippen molar-refractivity contribution in [3.05, 3.63) is 75.2 Å². The molecule has 0 bridgehead atoms. The Bertz CT molecular complexity index is 974. The van der Waals surface area contributed by atoms with E-state index in [1.54, 1.807) is 19.1 Å². The van der Waals surface area contributed by atoms with Crippen molar-refractivity contribution in [1.29, 1.82) is 0 Å². The topological polar surface area (TPSA) is 62.0 Å². The van der Waals surface area contributed by atoms with Gasteiger partial charge in [-0.25, -0.2) is 0 Å². The Morgan fingerprint density at radius 1 is 1.13 bits per heavy atom. The molecule has 1 aliphatic carbocycles. The zero-order valence-corrected chi connectivity index (χ0v) is 17.6. The number of benzene rings is 1. The highest BCUT2D eigenvalue weighted by molar-refractivity contribution is 5.97. The molecule has 4 heteroatoms. The van der Waals surface area contributed by atoms with Gasteiger partial charge in [0, 0.05) is 30.3 Å². The van der Waals surface area contributed by atoms with Gasteiger partial charge in [0.25, 0.3) is 0 Å². The molecule has 1 amide bonds. The number of carbonyl (C=O) groups excluding carboxylic acids is 1. The summed E-state index contributed by atoms with van der Waals surface area (Å²) < 4.78 is 0. The van der Waals surface area contributed by atoms with Crippen molar-refractivity contribution in [3.63, 3.8) is 0 Å². The number of amides is 1. The summed E-state index contributed by atoms with van der Waals surface area (Å²) in [5.74, 6) is 3.76. The van der Waals surface area contributed by atoms with Gasteiger partial charge in [0.05, 0.1) is 0 Å². The smallest absolute Gasteiger partial charge is 0.248 e. The molecule has 1 fully saturated rings. The van der Waals surface area contributed by atoms with Gasteiger partial charge >= 0.3 is 0 Å². The number of nitrogens with one attached hydrogen (secondary N) is 2. The van der Waals surface area contributed by atoms with E-state index in [0.717, 1.165) is 30.7 Å². The quantitative estimate of drug-likeness (QED) is 0.541. The number of carbonyl (C=O) groups is 1. The molecule has 1 aromatic heterocycles. The van der Waals surface area contributed by atoms with E-state index >= 15 is 0 Å². The second kappa shape index (κ2) is 10.6. The van der Waals surface area contributed by atoms with Gasteiger partial charge in [-0.05, 0) is 74.1 Å². The minimum atomic E-state index is -0.192. The Hall–Kier alpha value is -3.06. The Morgan fingerprint density at radius 2 is 1.83 bits per heavy atom. The molecule has 4 nitrogen and oxygen atoms in total. The highest BCUT2D eigenvalue weighted by Gasteiger charge is 2.22. The van der Waals surface area contributed by atoms with Crippen LogP contribution in [0.1, 0.15) is 49.4 Å². The van der Waals surface area contributed by atoms with Crippen molar-refractivity contribution < 1.29 is 4.79 Å². The van der Waals surface area contributed by atoms with Gasteiger partial charge in [-0.1, -0.05) is 30.3 Å². The minimum Gasteiger partial charge on any atom is -0.352 e. The van der Waals surface area contributed by atoms with E-state index in [0.29, 0.717) is 30.2 Å². The van der Waals surface area contributed by atoms with Gasteiger partial charge in [-0.3, -0.25) is 9.59 Å². The van der Waals surface area contributed by atoms with Crippen molar-refractivity contribution in [3.8, 4) is 12.3 Å².